The summed E-state index contributed by atoms with van der Waals surface area (Å²) in [4.78, 5) is 19.0. The third-order valence-corrected chi connectivity index (χ3v) is 4.73. The Labute approximate surface area is 151 Å². The first-order chi connectivity index (χ1) is 12.7. The van der Waals surface area contributed by atoms with Gasteiger partial charge in [-0.2, -0.15) is 4.98 Å². The van der Waals surface area contributed by atoms with Crippen LogP contribution in [0.1, 0.15) is 17.0 Å². The molecule has 6 nitrogen and oxygen atoms in total. The molecule has 1 atom stereocenters. The summed E-state index contributed by atoms with van der Waals surface area (Å²) in [6.07, 6.45) is 0.676. The molecule has 26 heavy (non-hydrogen) atoms. The molecule has 0 aliphatic carbocycles. The number of nitrogens with zero attached hydrogens (tertiary/aromatic N) is 3. The number of hydrogen-bond acceptors (Lipinski definition) is 5. The third-order valence-electron chi connectivity index (χ3n) is 4.73. The second kappa shape index (κ2) is 7.09. The number of carbonyl (C=O) groups excluding carboxylic acids is 1. The first kappa shape index (κ1) is 16.5. The predicted octanol–water partition coefficient (Wildman–Crippen LogP) is 2.41. The van der Waals surface area contributed by atoms with Gasteiger partial charge in [0.15, 0.2) is 0 Å². The van der Waals surface area contributed by atoms with Crippen LogP contribution in [0.4, 0.5) is 0 Å². The number of carbonyl (C=O) groups is 1. The van der Waals surface area contributed by atoms with Gasteiger partial charge >= 0.3 is 0 Å². The summed E-state index contributed by atoms with van der Waals surface area (Å²) in [5, 5.41) is 6.84. The summed E-state index contributed by atoms with van der Waals surface area (Å²) in [7, 11) is 1.67. The molecule has 2 heterocycles. The summed E-state index contributed by atoms with van der Waals surface area (Å²) in [5.41, 5.74) is 3.36. The largest absolute Gasteiger partial charge is 0.358 e. The molecule has 0 spiro atoms. The number of aromatic nitrogens is 2. The quantitative estimate of drug-likeness (QED) is 0.784. The van der Waals surface area contributed by atoms with Gasteiger partial charge in [-0.15, -0.1) is 0 Å². The minimum Gasteiger partial charge on any atom is -0.358 e. The van der Waals surface area contributed by atoms with E-state index in [2.05, 4.69) is 32.5 Å². The van der Waals surface area contributed by atoms with E-state index in [1.165, 1.54) is 11.1 Å². The lowest BCUT2D eigenvalue weighted by molar-refractivity contribution is -0.126. The number of nitrogens with one attached hydrogen (secondary N) is 1. The van der Waals surface area contributed by atoms with Crippen molar-refractivity contribution in [2.24, 2.45) is 0 Å². The highest BCUT2D eigenvalue weighted by Crippen LogP contribution is 2.25. The number of amides is 1. The molecule has 132 valence electrons. The second-order valence-corrected chi connectivity index (χ2v) is 6.39. The van der Waals surface area contributed by atoms with Crippen molar-refractivity contribution in [1.82, 2.24) is 20.4 Å². The standard InChI is InChI=1S/C20H20N4O2/c1-21-20(25)17-11-15-9-5-6-10-16(15)12-24(17)13-18-22-19(23-26-18)14-7-3-2-4-8-14/h2-10,17H,11-13H2,1H3,(H,21,25)/t17-/m0/s1. The molecule has 1 aliphatic rings. The maximum atomic E-state index is 12.4. The summed E-state index contributed by atoms with van der Waals surface area (Å²) in [6, 6.07) is 17.7. The zero-order chi connectivity index (χ0) is 17.9. The Morgan fingerprint density at radius 2 is 1.88 bits per heavy atom. The van der Waals surface area contributed by atoms with E-state index in [1.54, 1.807) is 7.05 Å². The Kier molecular flexibility index (Phi) is 4.50. The van der Waals surface area contributed by atoms with Gasteiger partial charge in [-0.3, -0.25) is 9.69 Å². The molecule has 0 bridgehead atoms. The summed E-state index contributed by atoms with van der Waals surface area (Å²) < 4.78 is 5.44. The van der Waals surface area contributed by atoms with Gasteiger partial charge in [0.05, 0.1) is 12.6 Å². The van der Waals surface area contributed by atoms with Gasteiger partial charge < -0.3 is 9.84 Å². The fraction of sp³-hybridized carbons (Fsp3) is 0.250. The van der Waals surface area contributed by atoms with Crippen molar-refractivity contribution >= 4 is 5.91 Å². The molecule has 0 fully saturated rings. The Morgan fingerprint density at radius 1 is 1.15 bits per heavy atom. The first-order valence-electron chi connectivity index (χ1n) is 8.65. The van der Waals surface area contributed by atoms with Crippen LogP contribution in [0.5, 0.6) is 0 Å². The van der Waals surface area contributed by atoms with Gasteiger partial charge in [0.25, 0.3) is 0 Å². The average molecular weight is 348 g/mol. The molecule has 1 amide bonds. The topological polar surface area (TPSA) is 71.3 Å². The highest BCUT2D eigenvalue weighted by molar-refractivity contribution is 5.82. The van der Waals surface area contributed by atoms with Crippen LogP contribution in [0.15, 0.2) is 59.1 Å². The fourth-order valence-electron chi connectivity index (χ4n) is 3.37. The predicted molar refractivity (Wildman–Crippen MR) is 97.0 cm³/mol. The molecular formula is C20H20N4O2. The van der Waals surface area contributed by atoms with Crippen LogP contribution in [0, 0.1) is 0 Å². The molecule has 1 aliphatic heterocycles. The number of fused-ring (bicyclic) bond motifs is 1. The fourth-order valence-corrected chi connectivity index (χ4v) is 3.37. The maximum absolute atomic E-state index is 12.4. The molecule has 6 heteroatoms. The Balaban J connectivity index is 1.58. The van der Waals surface area contributed by atoms with E-state index in [0.717, 1.165) is 5.56 Å². The van der Waals surface area contributed by atoms with Crippen LogP contribution < -0.4 is 5.32 Å². The Morgan fingerprint density at radius 3 is 2.65 bits per heavy atom. The Hall–Kier alpha value is -2.99. The maximum Gasteiger partial charge on any atom is 0.241 e. The van der Waals surface area contributed by atoms with Gasteiger partial charge in [-0.05, 0) is 17.5 Å². The Bertz CT molecular complexity index is 907. The van der Waals surface area contributed by atoms with Crippen molar-refractivity contribution in [3.63, 3.8) is 0 Å². The molecule has 4 rings (SSSR count). The van der Waals surface area contributed by atoms with Crippen LogP contribution in [0.25, 0.3) is 11.4 Å². The van der Waals surface area contributed by atoms with Gasteiger partial charge in [0.1, 0.15) is 0 Å². The lowest BCUT2D eigenvalue weighted by atomic mass is 9.93. The first-order valence-corrected chi connectivity index (χ1v) is 8.65. The van der Waals surface area contributed by atoms with Crippen molar-refractivity contribution < 1.29 is 9.32 Å². The average Bonchev–Trinajstić information content (AvgIpc) is 3.16. The lowest BCUT2D eigenvalue weighted by Gasteiger charge is -2.34. The molecular weight excluding hydrogens is 328 g/mol. The molecule has 3 aromatic rings. The molecule has 0 saturated heterocycles. The van der Waals surface area contributed by atoms with Crippen molar-refractivity contribution in [3.8, 4) is 11.4 Å². The van der Waals surface area contributed by atoms with Gasteiger partial charge in [0, 0.05) is 19.2 Å². The van der Waals surface area contributed by atoms with Gasteiger partial charge in [-0.1, -0.05) is 59.8 Å². The SMILES string of the molecule is CNC(=O)[C@@H]1Cc2ccccc2CN1Cc1nc(-c2ccccc2)no1. The summed E-state index contributed by atoms with van der Waals surface area (Å²) >= 11 is 0. The summed E-state index contributed by atoms with van der Waals surface area (Å²) in [5.74, 6) is 1.08. The lowest BCUT2D eigenvalue weighted by Crippen LogP contribution is -2.49. The van der Waals surface area contributed by atoms with Gasteiger partial charge in [0.2, 0.25) is 17.6 Å². The van der Waals surface area contributed by atoms with Crippen molar-refractivity contribution in [2.75, 3.05) is 7.05 Å². The monoisotopic (exact) mass is 348 g/mol. The van der Waals surface area contributed by atoms with E-state index in [0.29, 0.717) is 31.2 Å². The molecule has 0 radical (unpaired) electrons. The zero-order valence-corrected chi connectivity index (χ0v) is 14.6. The molecule has 2 aromatic carbocycles. The smallest absolute Gasteiger partial charge is 0.241 e. The molecule has 0 saturated carbocycles. The minimum atomic E-state index is -0.248. The highest BCUT2D eigenvalue weighted by atomic mass is 16.5. The molecule has 0 unspecified atom stereocenters. The van der Waals surface area contributed by atoms with Gasteiger partial charge in [-0.25, -0.2) is 0 Å². The minimum absolute atomic E-state index is 0.00213. The van der Waals surface area contributed by atoms with E-state index >= 15 is 0 Å². The number of hydrogen-bond donors (Lipinski definition) is 1. The van der Waals surface area contributed by atoms with Crippen LogP contribution in [-0.4, -0.2) is 34.0 Å². The van der Waals surface area contributed by atoms with E-state index in [-0.39, 0.29) is 11.9 Å². The van der Waals surface area contributed by atoms with Crippen LogP contribution in [0.3, 0.4) is 0 Å². The zero-order valence-electron chi connectivity index (χ0n) is 14.6. The third kappa shape index (κ3) is 3.23. The van der Waals surface area contributed by atoms with Crippen LogP contribution >= 0.6 is 0 Å². The number of rotatable bonds is 4. The second-order valence-electron chi connectivity index (χ2n) is 6.39. The normalized spacial score (nSPS) is 16.9. The molecule has 1 aromatic heterocycles. The van der Waals surface area contributed by atoms with Crippen LogP contribution in [-0.2, 0) is 24.3 Å². The van der Waals surface area contributed by atoms with Crippen LogP contribution in [0.2, 0.25) is 0 Å². The number of benzene rings is 2. The molecule has 1 N–H and O–H groups in total. The van der Waals surface area contributed by atoms with E-state index in [1.807, 2.05) is 42.5 Å². The van der Waals surface area contributed by atoms with E-state index in [9.17, 15) is 4.79 Å². The number of likely N-dealkylation sites (N-methyl/N-ethyl adjacent to an activating group) is 1. The van der Waals surface area contributed by atoms with E-state index < -0.39 is 0 Å². The van der Waals surface area contributed by atoms with Crippen molar-refractivity contribution in [3.05, 3.63) is 71.6 Å². The highest BCUT2D eigenvalue weighted by Gasteiger charge is 2.32. The van der Waals surface area contributed by atoms with E-state index in [4.69, 9.17) is 4.52 Å². The van der Waals surface area contributed by atoms with Crippen molar-refractivity contribution in [1.29, 1.82) is 0 Å². The van der Waals surface area contributed by atoms with Crippen molar-refractivity contribution in [2.45, 2.75) is 25.6 Å². The summed E-state index contributed by atoms with van der Waals surface area (Å²) in [6.45, 7) is 1.11.